The Morgan fingerprint density at radius 2 is 1.74 bits per heavy atom. The molecule has 0 fully saturated rings. The summed E-state index contributed by atoms with van der Waals surface area (Å²) in [5.74, 6) is 0. The Morgan fingerprint density at radius 1 is 1.00 bits per heavy atom. The highest BCUT2D eigenvalue weighted by Crippen LogP contribution is 2.23. The van der Waals surface area contributed by atoms with Gasteiger partial charge in [0.2, 0.25) is 0 Å². The highest BCUT2D eigenvalue weighted by Gasteiger charge is 2.05. The second kappa shape index (κ2) is 6.29. The van der Waals surface area contributed by atoms with Crippen molar-refractivity contribution in [3.8, 4) is 0 Å². The van der Waals surface area contributed by atoms with Crippen LogP contribution in [0, 0.1) is 0 Å². The summed E-state index contributed by atoms with van der Waals surface area (Å²) in [5.41, 5.74) is 5.16. The first-order valence-electron chi connectivity index (χ1n) is 5.58. The minimum atomic E-state index is 0.603. The lowest BCUT2D eigenvalue weighted by molar-refractivity contribution is 1.32. The number of rotatable bonds is 3. The van der Waals surface area contributed by atoms with Crippen molar-refractivity contribution >= 4 is 46.2 Å². The van der Waals surface area contributed by atoms with Gasteiger partial charge in [0, 0.05) is 15.6 Å². The predicted molar refractivity (Wildman–Crippen MR) is 83.7 cm³/mol. The average molecular weight is 314 g/mol. The molecule has 0 aromatic heterocycles. The van der Waals surface area contributed by atoms with Crippen LogP contribution in [0.15, 0.2) is 47.6 Å². The molecule has 0 saturated heterocycles. The van der Waals surface area contributed by atoms with E-state index in [1.54, 1.807) is 24.3 Å². The number of nitrogens with zero attached hydrogens (tertiary/aromatic N) is 1. The molecular formula is C14H11Cl3N2. The molecule has 0 aliphatic carbocycles. The molecule has 0 unspecified atom stereocenters. The van der Waals surface area contributed by atoms with Crippen LogP contribution in [0.4, 0.5) is 5.69 Å². The van der Waals surface area contributed by atoms with E-state index in [0.29, 0.717) is 15.1 Å². The molecule has 0 heterocycles. The van der Waals surface area contributed by atoms with Crippen LogP contribution < -0.4 is 5.43 Å². The number of hydrogen-bond acceptors (Lipinski definition) is 2. The molecule has 0 bridgehead atoms. The Labute approximate surface area is 127 Å². The fraction of sp³-hybridized carbons (Fsp3) is 0.0714. The van der Waals surface area contributed by atoms with E-state index in [9.17, 15) is 0 Å². The van der Waals surface area contributed by atoms with E-state index in [0.717, 1.165) is 17.0 Å². The molecule has 0 saturated carbocycles. The third-order valence-electron chi connectivity index (χ3n) is 2.54. The van der Waals surface area contributed by atoms with Crippen molar-refractivity contribution < 1.29 is 0 Å². The third-order valence-corrected chi connectivity index (χ3v) is 3.43. The summed E-state index contributed by atoms with van der Waals surface area (Å²) >= 11 is 18.1. The van der Waals surface area contributed by atoms with Crippen LogP contribution in [0.5, 0.6) is 0 Å². The first-order valence-corrected chi connectivity index (χ1v) is 6.71. The lowest BCUT2D eigenvalue weighted by Crippen LogP contribution is -2.01. The zero-order valence-electron chi connectivity index (χ0n) is 10.1. The largest absolute Gasteiger partial charge is 0.277 e. The van der Waals surface area contributed by atoms with E-state index in [4.69, 9.17) is 34.8 Å². The molecule has 19 heavy (non-hydrogen) atoms. The molecule has 1 N–H and O–H groups in total. The quantitative estimate of drug-likeness (QED) is 0.588. The highest BCUT2D eigenvalue weighted by molar-refractivity contribution is 6.36. The highest BCUT2D eigenvalue weighted by atomic mass is 35.5. The average Bonchev–Trinajstić information content (AvgIpc) is 2.40. The lowest BCUT2D eigenvalue weighted by Gasteiger charge is -2.07. The number of halogens is 3. The molecule has 0 amide bonds. The smallest absolute Gasteiger partial charge is 0.0748 e. The summed E-state index contributed by atoms with van der Waals surface area (Å²) in [7, 11) is 0. The first kappa shape index (κ1) is 14.2. The lowest BCUT2D eigenvalue weighted by atomic mass is 10.1. The summed E-state index contributed by atoms with van der Waals surface area (Å²) in [6, 6.07) is 12.6. The van der Waals surface area contributed by atoms with Gasteiger partial charge in [-0.2, -0.15) is 5.10 Å². The molecule has 0 radical (unpaired) electrons. The van der Waals surface area contributed by atoms with Crippen LogP contribution in [-0.2, 0) is 0 Å². The first-order chi connectivity index (χ1) is 9.08. The van der Waals surface area contributed by atoms with Gasteiger partial charge >= 0.3 is 0 Å². The summed E-state index contributed by atoms with van der Waals surface area (Å²) in [6.45, 7) is 1.85. The molecule has 98 valence electrons. The SMILES string of the molecule is C/C(=N\Nc1ccccc1Cl)c1cc(Cl)ccc1Cl. The molecule has 0 spiro atoms. The standard InChI is InChI=1S/C14H11Cl3N2/c1-9(11-8-10(15)6-7-12(11)16)18-19-14-5-3-2-4-13(14)17/h2-8,19H,1H3/b18-9+. The molecule has 5 heteroatoms. The van der Waals surface area contributed by atoms with Crippen LogP contribution in [-0.4, -0.2) is 5.71 Å². The summed E-state index contributed by atoms with van der Waals surface area (Å²) < 4.78 is 0. The van der Waals surface area contributed by atoms with Gasteiger partial charge in [-0.1, -0.05) is 46.9 Å². The number of para-hydroxylation sites is 1. The maximum atomic E-state index is 6.11. The number of anilines is 1. The van der Waals surface area contributed by atoms with Crippen molar-refractivity contribution in [3.05, 3.63) is 63.1 Å². The Balaban J connectivity index is 2.24. The van der Waals surface area contributed by atoms with Crippen molar-refractivity contribution in [3.63, 3.8) is 0 Å². The summed E-state index contributed by atoms with van der Waals surface area (Å²) in [5, 5.41) is 6.09. The molecule has 2 rings (SSSR count). The molecular weight excluding hydrogens is 303 g/mol. The van der Waals surface area contributed by atoms with E-state index in [1.165, 1.54) is 0 Å². The summed E-state index contributed by atoms with van der Waals surface area (Å²) in [4.78, 5) is 0. The fourth-order valence-electron chi connectivity index (χ4n) is 1.53. The van der Waals surface area contributed by atoms with Crippen molar-refractivity contribution in [2.45, 2.75) is 6.92 Å². The molecule has 0 aliphatic rings. The van der Waals surface area contributed by atoms with Crippen LogP contribution in [0.3, 0.4) is 0 Å². The Morgan fingerprint density at radius 3 is 2.47 bits per heavy atom. The van der Waals surface area contributed by atoms with Gasteiger partial charge in [-0.25, -0.2) is 0 Å². The van der Waals surface area contributed by atoms with Gasteiger partial charge in [-0.15, -0.1) is 0 Å². The molecule has 0 aliphatic heterocycles. The van der Waals surface area contributed by atoms with E-state index in [1.807, 2.05) is 25.1 Å². The van der Waals surface area contributed by atoms with E-state index >= 15 is 0 Å². The zero-order chi connectivity index (χ0) is 13.8. The van der Waals surface area contributed by atoms with E-state index in [-0.39, 0.29) is 0 Å². The fourth-order valence-corrected chi connectivity index (χ4v) is 2.14. The van der Waals surface area contributed by atoms with Gasteiger partial charge in [0.15, 0.2) is 0 Å². The maximum absolute atomic E-state index is 6.11. The number of benzene rings is 2. The topological polar surface area (TPSA) is 24.4 Å². The van der Waals surface area contributed by atoms with Gasteiger partial charge in [0.05, 0.1) is 16.4 Å². The van der Waals surface area contributed by atoms with Crippen LogP contribution >= 0.6 is 34.8 Å². The van der Waals surface area contributed by atoms with Gasteiger partial charge in [0.1, 0.15) is 0 Å². The van der Waals surface area contributed by atoms with E-state index < -0.39 is 0 Å². The van der Waals surface area contributed by atoms with Crippen molar-refractivity contribution in [1.82, 2.24) is 0 Å². The second-order valence-electron chi connectivity index (χ2n) is 3.91. The summed E-state index contributed by atoms with van der Waals surface area (Å²) in [6.07, 6.45) is 0. The number of hydrogen-bond donors (Lipinski definition) is 1. The van der Waals surface area contributed by atoms with Crippen LogP contribution in [0.2, 0.25) is 15.1 Å². The third kappa shape index (κ3) is 3.63. The van der Waals surface area contributed by atoms with Gasteiger partial charge in [-0.3, -0.25) is 5.43 Å². The van der Waals surface area contributed by atoms with Crippen molar-refractivity contribution in [2.24, 2.45) is 5.10 Å². The Hall–Kier alpha value is -1.22. The van der Waals surface area contributed by atoms with E-state index in [2.05, 4.69) is 10.5 Å². The molecule has 2 nitrogen and oxygen atoms in total. The monoisotopic (exact) mass is 312 g/mol. The van der Waals surface area contributed by atoms with Crippen LogP contribution in [0.25, 0.3) is 0 Å². The maximum Gasteiger partial charge on any atom is 0.0748 e. The molecule has 2 aromatic carbocycles. The second-order valence-corrected chi connectivity index (χ2v) is 5.16. The normalized spacial score (nSPS) is 11.5. The Bertz CT molecular complexity index is 624. The molecule has 2 aromatic rings. The van der Waals surface area contributed by atoms with Crippen LogP contribution in [0.1, 0.15) is 12.5 Å². The minimum absolute atomic E-state index is 0.603. The van der Waals surface area contributed by atoms with Crippen molar-refractivity contribution in [1.29, 1.82) is 0 Å². The Kier molecular flexibility index (Phi) is 4.70. The van der Waals surface area contributed by atoms with Gasteiger partial charge < -0.3 is 0 Å². The molecule has 0 atom stereocenters. The number of hydrazone groups is 1. The van der Waals surface area contributed by atoms with Gasteiger partial charge in [0.25, 0.3) is 0 Å². The van der Waals surface area contributed by atoms with Crippen molar-refractivity contribution in [2.75, 3.05) is 5.43 Å². The van der Waals surface area contributed by atoms with Gasteiger partial charge in [-0.05, 0) is 37.3 Å². The predicted octanol–water partition coefficient (Wildman–Crippen LogP) is 5.48. The number of nitrogens with one attached hydrogen (secondary N) is 1. The zero-order valence-corrected chi connectivity index (χ0v) is 12.4. The minimum Gasteiger partial charge on any atom is -0.277 e.